The first-order valence-electron chi connectivity index (χ1n) is 8.06. The summed E-state index contributed by atoms with van der Waals surface area (Å²) in [6.45, 7) is 0. The van der Waals surface area contributed by atoms with Gasteiger partial charge in [0, 0.05) is 29.7 Å². The van der Waals surface area contributed by atoms with Crippen LogP contribution in [-0.2, 0) is 7.05 Å². The number of para-hydroxylation sites is 2. The lowest BCUT2D eigenvalue weighted by molar-refractivity contribution is 0.977. The first-order valence-corrected chi connectivity index (χ1v) is 8.06. The minimum absolute atomic E-state index is 0.962. The Labute approximate surface area is 141 Å². The Hall–Kier alpha value is -3.13. The molecule has 0 N–H and O–H groups in total. The quantitative estimate of drug-likeness (QED) is 0.438. The van der Waals surface area contributed by atoms with E-state index in [1.54, 1.807) is 0 Å². The summed E-state index contributed by atoms with van der Waals surface area (Å²) in [5, 5.41) is 1.22. The fourth-order valence-corrected chi connectivity index (χ4v) is 3.15. The van der Waals surface area contributed by atoms with Gasteiger partial charge in [0.15, 0.2) is 0 Å². The summed E-state index contributed by atoms with van der Waals surface area (Å²) in [5.41, 5.74) is 5.72. The number of benzene rings is 3. The monoisotopic (exact) mass is 310 g/mol. The van der Waals surface area contributed by atoms with Crippen molar-refractivity contribution < 1.29 is 0 Å². The van der Waals surface area contributed by atoms with Crippen molar-refractivity contribution in [3.8, 4) is 11.3 Å². The standard InChI is InChI=1S/C22H18N2/c1-24-21-15-9-8-14-19(21)20(16-23-18-12-6-3-7-13-18)22(24)17-10-4-2-5-11-17/h2-16H,1H3. The number of aryl methyl sites for hydroxylation is 1. The molecule has 1 heterocycles. The van der Waals surface area contributed by atoms with E-state index in [0.717, 1.165) is 11.3 Å². The molecule has 1 aromatic heterocycles. The van der Waals surface area contributed by atoms with Gasteiger partial charge in [0.05, 0.1) is 11.4 Å². The summed E-state index contributed by atoms with van der Waals surface area (Å²) < 4.78 is 2.25. The van der Waals surface area contributed by atoms with Crippen LogP contribution in [0.3, 0.4) is 0 Å². The van der Waals surface area contributed by atoms with Crippen molar-refractivity contribution in [2.75, 3.05) is 0 Å². The molecule has 4 rings (SSSR count). The van der Waals surface area contributed by atoms with Gasteiger partial charge in [-0.1, -0.05) is 66.7 Å². The Bertz CT molecular complexity index is 996. The predicted molar refractivity (Wildman–Crippen MR) is 102 cm³/mol. The first kappa shape index (κ1) is 14.5. The Morgan fingerprint density at radius 2 is 1.38 bits per heavy atom. The highest BCUT2D eigenvalue weighted by molar-refractivity contribution is 6.07. The lowest BCUT2D eigenvalue weighted by atomic mass is 10.1. The Kier molecular flexibility index (Phi) is 3.72. The van der Waals surface area contributed by atoms with Gasteiger partial charge in [-0.3, -0.25) is 4.99 Å². The smallest absolute Gasteiger partial charge is 0.0629 e. The van der Waals surface area contributed by atoms with Crippen molar-refractivity contribution in [2.45, 2.75) is 0 Å². The number of hydrogen-bond donors (Lipinski definition) is 0. The van der Waals surface area contributed by atoms with Crippen LogP contribution in [0, 0.1) is 0 Å². The molecule has 0 radical (unpaired) electrons. The van der Waals surface area contributed by atoms with E-state index in [-0.39, 0.29) is 0 Å². The van der Waals surface area contributed by atoms with Crippen LogP contribution in [0.1, 0.15) is 5.56 Å². The van der Waals surface area contributed by atoms with Crippen LogP contribution in [-0.4, -0.2) is 10.8 Å². The molecule has 0 aliphatic rings. The van der Waals surface area contributed by atoms with Crippen LogP contribution in [0.2, 0.25) is 0 Å². The Morgan fingerprint density at radius 1 is 0.750 bits per heavy atom. The molecule has 0 spiro atoms. The summed E-state index contributed by atoms with van der Waals surface area (Å²) in [6, 6.07) is 29.0. The highest BCUT2D eigenvalue weighted by Crippen LogP contribution is 2.32. The maximum atomic E-state index is 4.69. The van der Waals surface area contributed by atoms with E-state index in [9.17, 15) is 0 Å². The molecule has 0 atom stereocenters. The van der Waals surface area contributed by atoms with Crippen molar-refractivity contribution in [1.29, 1.82) is 0 Å². The van der Waals surface area contributed by atoms with Gasteiger partial charge in [0.2, 0.25) is 0 Å². The molecule has 0 unspecified atom stereocenters. The zero-order valence-corrected chi connectivity index (χ0v) is 13.6. The van der Waals surface area contributed by atoms with E-state index in [1.165, 1.54) is 22.2 Å². The summed E-state index contributed by atoms with van der Waals surface area (Å²) >= 11 is 0. The molecule has 0 amide bonds. The van der Waals surface area contributed by atoms with Crippen LogP contribution in [0.25, 0.3) is 22.2 Å². The van der Waals surface area contributed by atoms with Crippen LogP contribution >= 0.6 is 0 Å². The van der Waals surface area contributed by atoms with Gasteiger partial charge in [-0.25, -0.2) is 0 Å². The molecule has 2 nitrogen and oxygen atoms in total. The molecule has 0 aliphatic heterocycles. The molecule has 0 saturated carbocycles. The number of fused-ring (bicyclic) bond motifs is 1. The van der Waals surface area contributed by atoms with E-state index in [4.69, 9.17) is 0 Å². The Balaban J connectivity index is 1.94. The normalized spacial score (nSPS) is 11.4. The molecule has 0 bridgehead atoms. The van der Waals surface area contributed by atoms with E-state index >= 15 is 0 Å². The molecule has 0 fully saturated rings. The molecule has 2 heteroatoms. The molecule has 0 saturated heterocycles. The molecular formula is C22H18N2. The maximum Gasteiger partial charge on any atom is 0.0629 e. The van der Waals surface area contributed by atoms with E-state index in [2.05, 4.69) is 65.1 Å². The van der Waals surface area contributed by atoms with Gasteiger partial charge in [-0.05, 0) is 23.8 Å². The number of aliphatic imine (C=N–C) groups is 1. The fourth-order valence-electron chi connectivity index (χ4n) is 3.15. The highest BCUT2D eigenvalue weighted by atomic mass is 15.0. The van der Waals surface area contributed by atoms with Gasteiger partial charge < -0.3 is 4.57 Å². The Morgan fingerprint density at radius 3 is 2.12 bits per heavy atom. The predicted octanol–water partition coefficient (Wildman–Crippen LogP) is 5.60. The minimum atomic E-state index is 0.962. The number of nitrogens with zero attached hydrogens (tertiary/aromatic N) is 2. The van der Waals surface area contributed by atoms with E-state index in [0.29, 0.717) is 0 Å². The minimum Gasteiger partial charge on any atom is -0.343 e. The van der Waals surface area contributed by atoms with Crippen molar-refractivity contribution in [3.05, 3.63) is 90.5 Å². The van der Waals surface area contributed by atoms with Gasteiger partial charge in [0.1, 0.15) is 0 Å². The van der Waals surface area contributed by atoms with Crippen LogP contribution < -0.4 is 0 Å². The number of aromatic nitrogens is 1. The summed E-state index contributed by atoms with van der Waals surface area (Å²) in [7, 11) is 2.12. The van der Waals surface area contributed by atoms with Gasteiger partial charge >= 0.3 is 0 Å². The SMILES string of the molecule is Cn1c(-c2ccccc2)c(C=Nc2ccccc2)c2ccccc21. The molecule has 0 aliphatic carbocycles. The number of rotatable bonds is 3. The van der Waals surface area contributed by atoms with Crippen molar-refractivity contribution in [2.24, 2.45) is 12.0 Å². The average Bonchev–Trinajstić information content (AvgIpc) is 2.94. The zero-order chi connectivity index (χ0) is 16.4. The highest BCUT2D eigenvalue weighted by Gasteiger charge is 2.14. The third kappa shape index (κ3) is 2.52. The van der Waals surface area contributed by atoms with Gasteiger partial charge in [-0.15, -0.1) is 0 Å². The third-order valence-electron chi connectivity index (χ3n) is 4.29. The number of hydrogen-bond acceptors (Lipinski definition) is 1. The molecule has 4 aromatic rings. The largest absolute Gasteiger partial charge is 0.343 e. The van der Waals surface area contributed by atoms with E-state index in [1.807, 2.05) is 42.6 Å². The topological polar surface area (TPSA) is 17.3 Å². The van der Waals surface area contributed by atoms with Crippen molar-refractivity contribution in [3.63, 3.8) is 0 Å². The summed E-state index contributed by atoms with van der Waals surface area (Å²) in [4.78, 5) is 4.69. The second-order valence-electron chi connectivity index (χ2n) is 5.80. The fraction of sp³-hybridized carbons (Fsp3) is 0.0455. The lowest BCUT2D eigenvalue weighted by Gasteiger charge is -2.06. The van der Waals surface area contributed by atoms with Crippen LogP contribution in [0.5, 0.6) is 0 Å². The van der Waals surface area contributed by atoms with Gasteiger partial charge in [-0.2, -0.15) is 0 Å². The molecule has 116 valence electrons. The zero-order valence-electron chi connectivity index (χ0n) is 13.6. The summed E-state index contributed by atoms with van der Waals surface area (Å²) in [6.07, 6.45) is 1.99. The van der Waals surface area contributed by atoms with Crippen LogP contribution in [0.4, 0.5) is 5.69 Å². The second-order valence-corrected chi connectivity index (χ2v) is 5.80. The average molecular weight is 310 g/mol. The molecule has 3 aromatic carbocycles. The molecule has 24 heavy (non-hydrogen) atoms. The summed E-state index contributed by atoms with van der Waals surface area (Å²) in [5.74, 6) is 0. The van der Waals surface area contributed by atoms with Crippen molar-refractivity contribution >= 4 is 22.8 Å². The van der Waals surface area contributed by atoms with Gasteiger partial charge in [0.25, 0.3) is 0 Å². The maximum absolute atomic E-state index is 4.69. The van der Waals surface area contributed by atoms with E-state index < -0.39 is 0 Å². The third-order valence-corrected chi connectivity index (χ3v) is 4.29. The first-order chi connectivity index (χ1) is 11.8. The molecular weight excluding hydrogens is 292 g/mol. The van der Waals surface area contributed by atoms with Crippen LogP contribution in [0.15, 0.2) is 89.9 Å². The van der Waals surface area contributed by atoms with Crippen molar-refractivity contribution in [1.82, 2.24) is 4.57 Å². The second kappa shape index (κ2) is 6.17. The lowest BCUT2D eigenvalue weighted by Crippen LogP contribution is -1.93.